The predicted molar refractivity (Wildman–Crippen MR) is 140 cm³/mol. The van der Waals surface area contributed by atoms with Crippen molar-refractivity contribution in [2.75, 3.05) is 37.1 Å². The number of anilines is 3. The molecule has 1 aliphatic heterocycles. The Morgan fingerprint density at radius 2 is 1.94 bits per heavy atom. The van der Waals surface area contributed by atoms with Crippen LogP contribution in [0, 0.1) is 0 Å². The minimum atomic E-state index is -3.21. The molecule has 0 bridgehead atoms. The van der Waals surface area contributed by atoms with Crippen molar-refractivity contribution in [2.45, 2.75) is 13.0 Å². The topological polar surface area (TPSA) is 81.3 Å². The minimum Gasteiger partial charge on any atom is -0.378 e. The maximum Gasteiger partial charge on any atom is 0.211 e. The third-order valence-electron chi connectivity index (χ3n) is 6.18. The van der Waals surface area contributed by atoms with E-state index in [0.29, 0.717) is 30.4 Å². The van der Waals surface area contributed by atoms with Gasteiger partial charge in [0, 0.05) is 49.8 Å². The summed E-state index contributed by atoms with van der Waals surface area (Å²) in [6.45, 7) is 0.869. The zero-order valence-electron chi connectivity index (χ0n) is 19.3. The highest BCUT2D eigenvalue weighted by molar-refractivity contribution is 7.88. The molecular weight excluding hydrogens is 470 g/mol. The number of nitrogens with zero attached hydrogens (tertiary/aromatic N) is 3. The number of fused-ring (bicyclic) bond motifs is 2. The van der Waals surface area contributed by atoms with E-state index in [1.807, 2.05) is 67.5 Å². The number of aromatic nitrogens is 2. The van der Waals surface area contributed by atoms with Crippen LogP contribution in [0.3, 0.4) is 0 Å². The highest BCUT2D eigenvalue weighted by Crippen LogP contribution is 2.34. The van der Waals surface area contributed by atoms with Crippen LogP contribution in [0.1, 0.15) is 11.1 Å². The van der Waals surface area contributed by atoms with Crippen LogP contribution in [0.4, 0.5) is 17.1 Å². The summed E-state index contributed by atoms with van der Waals surface area (Å²) in [4.78, 5) is 10.2. The van der Waals surface area contributed by atoms with Crippen molar-refractivity contribution < 1.29 is 8.42 Å². The van der Waals surface area contributed by atoms with Crippen molar-refractivity contribution in [3.63, 3.8) is 0 Å². The fourth-order valence-electron chi connectivity index (χ4n) is 4.33. The van der Waals surface area contributed by atoms with E-state index in [0.717, 1.165) is 44.8 Å². The first-order valence-electron chi connectivity index (χ1n) is 11.0. The SMILES string of the molecule is CN(C)c1ccc2nc(-c3cc(Nc4cccc5c4CCN(S(C)(=O)=O)C5)ccc3Cl)[nH]c2c1. The molecule has 0 atom stereocenters. The van der Waals surface area contributed by atoms with Crippen molar-refractivity contribution in [3.8, 4) is 11.4 Å². The lowest BCUT2D eigenvalue weighted by Crippen LogP contribution is -2.35. The van der Waals surface area contributed by atoms with Crippen LogP contribution in [0.2, 0.25) is 5.02 Å². The van der Waals surface area contributed by atoms with Gasteiger partial charge >= 0.3 is 0 Å². The monoisotopic (exact) mass is 495 g/mol. The molecule has 0 fully saturated rings. The first kappa shape index (κ1) is 22.7. The maximum absolute atomic E-state index is 12.0. The van der Waals surface area contributed by atoms with E-state index in [1.54, 1.807) is 0 Å². The van der Waals surface area contributed by atoms with E-state index >= 15 is 0 Å². The molecule has 2 N–H and O–H groups in total. The molecule has 5 rings (SSSR count). The van der Waals surface area contributed by atoms with Crippen molar-refractivity contribution >= 4 is 49.7 Å². The second-order valence-electron chi connectivity index (χ2n) is 8.79. The third-order valence-corrected chi connectivity index (χ3v) is 7.76. The van der Waals surface area contributed by atoms with E-state index in [-0.39, 0.29) is 0 Å². The van der Waals surface area contributed by atoms with Gasteiger partial charge in [0.1, 0.15) is 5.82 Å². The second kappa shape index (κ2) is 8.61. The first-order chi connectivity index (χ1) is 16.2. The number of halogens is 1. The van der Waals surface area contributed by atoms with Gasteiger partial charge in [-0.25, -0.2) is 13.4 Å². The Kier molecular flexibility index (Phi) is 5.75. The van der Waals surface area contributed by atoms with E-state index in [2.05, 4.69) is 16.4 Å². The van der Waals surface area contributed by atoms with Crippen LogP contribution in [0.25, 0.3) is 22.4 Å². The molecule has 4 aromatic rings. The standard InChI is InChI=1S/C25H26ClN5O2S/c1-30(2)18-8-10-23-24(14-18)29-25(28-23)20-13-17(7-9-21(20)26)27-22-6-4-5-16-15-31(34(3,32)33)12-11-19(16)22/h4-10,13-14,27H,11-12,15H2,1-3H3,(H,28,29). The van der Waals surface area contributed by atoms with Gasteiger partial charge in [-0.1, -0.05) is 23.7 Å². The number of imidazole rings is 1. The van der Waals surface area contributed by atoms with E-state index in [9.17, 15) is 8.42 Å². The molecule has 0 amide bonds. The van der Waals surface area contributed by atoms with Gasteiger partial charge in [0.25, 0.3) is 0 Å². The van der Waals surface area contributed by atoms with Crippen LogP contribution in [-0.4, -0.2) is 49.6 Å². The Hall–Kier alpha value is -3.07. The molecule has 0 radical (unpaired) electrons. The Labute approximate surface area is 204 Å². The fourth-order valence-corrected chi connectivity index (χ4v) is 5.33. The first-order valence-corrected chi connectivity index (χ1v) is 13.2. The Morgan fingerprint density at radius 3 is 2.71 bits per heavy atom. The molecule has 0 spiro atoms. The molecule has 0 unspecified atom stereocenters. The van der Waals surface area contributed by atoms with Gasteiger partial charge in [-0.2, -0.15) is 4.31 Å². The fraction of sp³-hybridized carbons (Fsp3) is 0.240. The zero-order chi connectivity index (χ0) is 24.0. The molecule has 0 saturated heterocycles. The van der Waals surface area contributed by atoms with Gasteiger partial charge < -0.3 is 15.2 Å². The number of H-pyrrole nitrogens is 1. The average molecular weight is 496 g/mol. The summed E-state index contributed by atoms with van der Waals surface area (Å²) in [5.74, 6) is 0.707. The summed E-state index contributed by atoms with van der Waals surface area (Å²) in [6.07, 6.45) is 1.92. The number of benzene rings is 3. The van der Waals surface area contributed by atoms with Crippen LogP contribution < -0.4 is 10.2 Å². The highest BCUT2D eigenvalue weighted by Gasteiger charge is 2.24. The van der Waals surface area contributed by atoms with Gasteiger partial charge in [0.15, 0.2) is 0 Å². The van der Waals surface area contributed by atoms with Gasteiger partial charge in [-0.3, -0.25) is 0 Å². The molecule has 2 heterocycles. The summed E-state index contributed by atoms with van der Waals surface area (Å²) in [7, 11) is 0.796. The van der Waals surface area contributed by atoms with Crippen molar-refractivity contribution in [1.82, 2.24) is 14.3 Å². The quantitative estimate of drug-likeness (QED) is 0.406. The van der Waals surface area contributed by atoms with Crippen LogP contribution in [0.15, 0.2) is 54.6 Å². The largest absolute Gasteiger partial charge is 0.378 e. The molecule has 9 heteroatoms. The molecule has 34 heavy (non-hydrogen) atoms. The molecule has 0 saturated carbocycles. The summed E-state index contributed by atoms with van der Waals surface area (Å²) in [6, 6.07) is 17.8. The molecule has 0 aliphatic carbocycles. The van der Waals surface area contributed by atoms with E-state index in [1.165, 1.54) is 10.6 Å². The summed E-state index contributed by atoms with van der Waals surface area (Å²) in [5, 5.41) is 4.11. The normalized spacial score (nSPS) is 14.2. The number of aromatic amines is 1. The van der Waals surface area contributed by atoms with Crippen molar-refractivity contribution in [3.05, 3.63) is 70.7 Å². The summed E-state index contributed by atoms with van der Waals surface area (Å²) in [5.41, 5.74) is 7.73. The van der Waals surface area contributed by atoms with Crippen molar-refractivity contribution in [1.29, 1.82) is 0 Å². The van der Waals surface area contributed by atoms with Crippen LogP contribution in [0.5, 0.6) is 0 Å². The molecule has 7 nitrogen and oxygen atoms in total. The third kappa shape index (κ3) is 4.36. The van der Waals surface area contributed by atoms with Crippen LogP contribution in [-0.2, 0) is 23.0 Å². The second-order valence-corrected chi connectivity index (χ2v) is 11.2. The number of hydrogen-bond donors (Lipinski definition) is 2. The Balaban J connectivity index is 1.46. The lowest BCUT2D eigenvalue weighted by atomic mass is 9.99. The number of rotatable bonds is 5. The number of nitrogens with one attached hydrogen (secondary N) is 2. The van der Waals surface area contributed by atoms with Gasteiger partial charge in [-0.15, -0.1) is 0 Å². The van der Waals surface area contributed by atoms with E-state index < -0.39 is 10.0 Å². The average Bonchev–Trinajstić information content (AvgIpc) is 3.22. The molecule has 176 valence electrons. The molecule has 3 aromatic carbocycles. The number of hydrogen-bond acceptors (Lipinski definition) is 5. The lowest BCUT2D eigenvalue weighted by molar-refractivity contribution is 0.395. The maximum atomic E-state index is 12.0. The predicted octanol–water partition coefficient (Wildman–Crippen LogP) is 5.01. The summed E-state index contributed by atoms with van der Waals surface area (Å²) < 4.78 is 25.5. The minimum absolute atomic E-state index is 0.392. The zero-order valence-corrected chi connectivity index (χ0v) is 20.8. The van der Waals surface area contributed by atoms with Crippen LogP contribution >= 0.6 is 11.6 Å². The van der Waals surface area contributed by atoms with Gasteiger partial charge in [-0.05, 0) is 60.0 Å². The summed E-state index contributed by atoms with van der Waals surface area (Å²) >= 11 is 6.56. The van der Waals surface area contributed by atoms with E-state index in [4.69, 9.17) is 16.6 Å². The van der Waals surface area contributed by atoms with Gasteiger partial charge in [0.2, 0.25) is 10.0 Å². The van der Waals surface area contributed by atoms with Crippen molar-refractivity contribution in [2.24, 2.45) is 0 Å². The molecular formula is C25H26ClN5O2S. The lowest BCUT2D eigenvalue weighted by Gasteiger charge is -2.28. The smallest absolute Gasteiger partial charge is 0.211 e. The molecule has 1 aliphatic rings. The number of sulfonamides is 1. The van der Waals surface area contributed by atoms with Gasteiger partial charge in [0.05, 0.1) is 22.3 Å². The Bertz CT molecular complexity index is 1500. The highest BCUT2D eigenvalue weighted by atomic mass is 35.5. The molecule has 1 aromatic heterocycles. The Morgan fingerprint density at radius 1 is 1.12 bits per heavy atom.